The molecule has 1 N–H and O–H groups in total. The number of hydrogen-bond acceptors (Lipinski definition) is 7. The Kier molecular flexibility index (Phi) is 7.37. The molecule has 9 nitrogen and oxygen atoms in total. The quantitative estimate of drug-likeness (QED) is 0.331. The molecule has 11 heteroatoms. The molecule has 3 aromatic heterocycles. The Morgan fingerprint density at radius 2 is 2.00 bits per heavy atom. The summed E-state index contributed by atoms with van der Waals surface area (Å²) in [5.41, 5.74) is 1.39. The minimum Gasteiger partial charge on any atom is -0.477 e. The third kappa shape index (κ3) is 5.06. The summed E-state index contributed by atoms with van der Waals surface area (Å²) in [6, 6.07) is 9.80. The van der Waals surface area contributed by atoms with Crippen LogP contribution in [0.1, 0.15) is 35.8 Å². The maximum atomic E-state index is 14.3. The summed E-state index contributed by atoms with van der Waals surface area (Å²) >= 11 is 6.77. The Labute approximate surface area is 235 Å². The van der Waals surface area contributed by atoms with E-state index in [1.54, 1.807) is 29.8 Å². The lowest BCUT2D eigenvalue weighted by atomic mass is 10.1. The molecular weight excluding hydrogens is 537 g/mol. The summed E-state index contributed by atoms with van der Waals surface area (Å²) in [6.45, 7) is 4.02. The number of anilines is 2. The fourth-order valence-electron chi connectivity index (χ4n) is 5.15. The van der Waals surface area contributed by atoms with E-state index in [0.29, 0.717) is 27.6 Å². The zero-order valence-electron chi connectivity index (χ0n) is 22.6. The average molecular weight is 566 g/mol. The van der Waals surface area contributed by atoms with E-state index in [-0.39, 0.29) is 35.5 Å². The van der Waals surface area contributed by atoms with Gasteiger partial charge >= 0.3 is 5.97 Å². The molecule has 0 saturated carbocycles. The van der Waals surface area contributed by atoms with Crippen LogP contribution in [0, 0.1) is 12.7 Å². The van der Waals surface area contributed by atoms with Gasteiger partial charge in [0, 0.05) is 37.4 Å². The largest absolute Gasteiger partial charge is 0.477 e. The smallest absolute Gasteiger partial charge is 0.341 e. The van der Waals surface area contributed by atoms with Crippen LogP contribution >= 0.6 is 11.6 Å². The fourth-order valence-corrected chi connectivity index (χ4v) is 5.41. The van der Waals surface area contributed by atoms with Gasteiger partial charge in [0.1, 0.15) is 18.0 Å². The van der Waals surface area contributed by atoms with Gasteiger partial charge in [-0.1, -0.05) is 11.6 Å². The molecule has 40 heavy (non-hydrogen) atoms. The highest BCUT2D eigenvalue weighted by atomic mass is 35.5. The third-order valence-electron chi connectivity index (χ3n) is 7.20. The van der Waals surface area contributed by atoms with Crippen molar-refractivity contribution >= 4 is 40.0 Å². The lowest BCUT2D eigenvalue weighted by Gasteiger charge is -2.32. The topological polar surface area (TPSA) is 101 Å². The van der Waals surface area contributed by atoms with E-state index >= 15 is 0 Å². The van der Waals surface area contributed by atoms with Crippen molar-refractivity contribution in [2.75, 3.05) is 30.5 Å². The van der Waals surface area contributed by atoms with Gasteiger partial charge in [0.05, 0.1) is 34.2 Å². The minimum absolute atomic E-state index is 0.0483. The molecule has 1 saturated heterocycles. The number of ether oxygens (including phenoxy) is 1. The number of carboxylic acids is 1. The molecule has 1 aliphatic heterocycles. The molecule has 4 aromatic rings. The minimum atomic E-state index is -1.33. The van der Waals surface area contributed by atoms with E-state index in [1.165, 1.54) is 18.3 Å². The number of carboxylic acid groups (broad SMARTS) is 1. The van der Waals surface area contributed by atoms with Crippen molar-refractivity contribution in [1.29, 1.82) is 0 Å². The Hall–Kier alpha value is -4.18. The van der Waals surface area contributed by atoms with E-state index in [2.05, 4.69) is 21.8 Å². The van der Waals surface area contributed by atoms with Crippen LogP contribution in [0.3, 0.4) is 0 Å². The van der Waals surface area contributed by atoms with Gasteiger partial charge in [-0.3, -0.25) is 4.79 Å². The zero-order valence-corrected chi connectivity index (χ0v) is 23.3. The number of nitrogens with zero attached hydrogens (tertiary/aromatic N) is 5. The predicted octanol–water partition coefficient (Wildman–Crippen LogP) is 5.08. The molecule has 1 fully saturated rings. The molecule has 208 valence electrons. The maximum absolute atomic E-state index is 14.3. The first-order valence-corrected chi connectivity index (χ1v) is 13.2. The molecule has 0 aliphatic carbocycles. The number of carbonyl (C=O) groups is 1. The number of pyridine rings is 3. The molecule has 1 aliphatic rings. The standard InChI is InChI=1S/C29H29ClFN5O4/c1-16-5-9-23(31)28(33-16)40-15-19-7-6-17(2)36(19)25-12-24-20(11-22(25)30)27(37)21(29(38)39)14-35(24)18-8-10-26(32-13-18)34(3)4/h5,8-14,17,19H,6-7,15H2,1-4H3,(H,38,39)/t17-,19-/m1/s1. The molecule has 5 rings (SSSR count). The molecule has 0 bridgehead atoms. The first-order valence-electron chi connectivity index (χ1n) is 12.9. The molecular formula is C29H29ClFN5O4. The van der Waals surface area contributed by atoms with Crippen molar-refractivity contribution in [2.24, 2.45) is 0 Å². The van der Waals surface area contributed by atoms with Crippen molar-refractivity contribution in [3.05, 3.63) is 81.1 Å². The molecule has 4 heterocycles. The van der Waals surface area contributed by atoms with E-state index < -0.39 is 17.2 Å². The summed E-state index contributed by atoms with van der Waals surface area (Å²) in [6.07, 6.45) is 4.57. The molecule has 2 atom stereocenters. The van der Waals surface area contributed by atoms with Crippen LogP contribution < -0.4 is 20.0 Å². The second-order valence-electron chi connectivity index (χ2n) is 10.2. The van der Waals surface area contributed by atoms with E-state index in [0.717, 1.165) is 18.7 Å². The molecule has 0 unspecified atom stereocenters. The first-order chi connectivity index (χ1) is 19.0. The predicted molar refractivity (Wildman–Crippen MR) is 153 cm³/mol. The number of fused-ring (bicyclic) bond motifs is 1. The number of aromatic carboxylic acids is 1. The summed E-state index contributed by atoms with van der Waals surface area (Å²) in [5, 5.41) is 10.2. The van der Waals surface area contributed by atoms with Gasteiger partial charge in [-0.15, -0.1) is 0 Å². The Balaban J connectivity index is 1.61. The normalized spacial score (nSPS) is 16.9. The van der Waals surface area contributed by atoms with E-state index in [1.807, 2.05) is 31.1 Å². The van der Waals surface area contributed by atoms with Crippen LogP contribution in [0.15, 0.2) is 53.6 Å². The molecule has 0 radical (unpaired) electrons. The van der Waals surface area contributed by atoms with Gasteiger partial charge in [0.25, 0.3) is 5.88 Å². The Morgan fingerprint density at radius 1 is 1.23 bits per heavy atom. The first kappa shape index (κ1) is 27.4. The highest BCUT2D eigenvalue weighted by Gasteiger charge is 2.33. The van der Waals surface area contributed by atoms with Gasteiger partial charge in [0.2, 0.25) is 5.43 Å². The lowest BCUT2D eigenvalue weighted by molar-refractivity contribution is 0.0695. The molecule has 0 amide bonds. The van der Waals surface area contributed by atoms with E-state index in [4.69, 9.17) is 16.3 Å². The Bertz CT molecular complexity index is 1660. The van der Waals surface area contributed by atoms with E-state index in [9.17, 15) is 19.1 Å². The number of aromatic nitrogens is 3. The van der Waals surface area contributed by atoms with Gasteiger partial charge in [-0.05, 0) is 63.1 Å². The molecule has 1 aromatic carbocycles. The number of aryl methyl sites for hydroxylation is 1. The molecule has 0 spiro atoms. The number of benzene rings is 1. The number of rotatable bonds is 7. The van der Waals surface area contributed by atoms with Gasteiger partial charge in [0.15, 0.2) is 5.82 Å². The fraction of sp³-hybridized carbons (Fsp3) is 0.310. The van der Waals surface area contributed by atoms with Crippen molar-refractivity contribution < 1.29 is 19.0 Å². The highest BCUT2D eigenvalue weighted by molar-refractivity contribution is 6.34. The van der Waals surface area contributed by atoms with Crippen LogP contribution in [0.2, 0.25) is 5.02 Å². The number of hydrogen-bond donors (Lipinski definition) is 1. The summed E-state index contributed by atoms with van der Waals surface area (Å²) in [4.78, 5) is 37.7. The van der Waals surface area contributed by atoms with Gasteiger partial charge < -0.3 is 24.2 Å². The Morgan fingerprint density at radius 3 is 2.67 bits per heavy atom. The summed E-state index contributed by atoms with van der Waals surface area (Å²) < 4.78 is 21.7. The summed E-state index contributed by atoms with van der Waals surface area (Å²) in [7, 11) is 3.74. The van der Waals surface area contributed by atoms with Crippen LogP contribution in [-0.2, 0) is 0 Å². The second-order valence-corrected chi connectivity index (χ2v) is 10.6. The lowest BCUT2D eigenvalue weighted by Crippen LogP contribution is -2.38. The van der Waals surface area contributed by atoms with Crippen molar-refractivity contribution in [3.8, 4) is 11.6 Å². The van der Waals surface area contributed by atoms with Crippen molar-refractivity contribution in [1.82, 2.24) is 14.5 Å². The van der Waals surface area contributed by atoms with Gasteiger partial charge in [-0.25, -0.2) is 19.2 Å². The van der Waals surface area contributed by atoms with Crippen LogP contribution in [-0.4, -0.2) is 58.4 Å². The average Bonchev–Trinajstić information content (AvgIpc) is 3.29. The maximum Gasteiger partial charge on any atom is 0.341 e. The van der Waals surface area contributed by atoms with Crippen LogP contribution in [0.25, 0.3) is 16.6 Å². The zero-order chi connectivity index (χ0) is 28.7. The van der Waals surface area contributed by atoms with Gasteiger partial charge in [-0.2, -0.15) is 0 Å². The second kappa shape index (κ2) is 10.8. The monoisotopic (exact) mass is 565 g/mol. The highest BCUT2D eigenvalue weighted by Crippen LogP contribution is 2.38. The van der Waals surface area contributed by atoms with Crippen LogP contribution in [0.4, 0.5) is 15.9 Å². The third-order valence-corrected chi connectivity index (χ3v) is 7.50. The number of halogens is 2. The van der Waals surface area contributed by atoms with Crippen molar-refractivity contribution in [3.63, 3.8) is 0 Å². The summed E-state index contributed by atoms with van der Waals surface area (Å²) in [5.74, 6) is -1.18. The van der Waals surface area contributed by atoms with Crippen molar-refractivity contribution in [2.45, 2.75) is 38.8 Å². The van der Waals surface area contributed by atoms with Crippen LogP contribution in [0.5, 0.6) is 5.88 Å². The SMILES string of the molecule is Cc1ccc(F)c(OC[C@H]2CC[C@@H](C)N2c2cc3c(cc2Cl)c(=O)c(C(=O)O)cn3-c2ccc(N(C)C)nc2)n1.